The van der Waals surface area contributed by atoms with Crippen LogP contribution in [0.15, 0.2) is 0 Å². The van der Waals surface area contributed by atoms with E-state index in [2.05, 4.69) is 34.6 Å². The zero-order valence-corrected chi connectivity index (χ0v) is 17.9. The highest BCUT2D eigenvalue weighted by Gasteiger charge is 2.70. The fourth-order valence-electron chi connectivity index (χ4n) is 7.86. The van der Waals surface area contributed by atoms with Crippen molar-refractivity contribution in [2.75, 3.05) is 19.8 Å². The Morgan fingerprint density at radius 1 is 0.852 bits per heavy atom. The van der Waals surface area contributed by atoms with E-state index < -0.39 is 5.79 Å². The molecule has 0 amide bonds. The van der Waals surface area contributed by atoms with Crippen LogP contribution in [0.5, 0.6) is 0 Å². The van der Waals surface area contributed by atoms with Crippen molar-refractivity contribution in [1.82, 2.24) is 0 Å². The molecular weight excluding hydrogens is 340 g/mol. The van der Waals surface area contributed by atoms with Crippen LogP contribution in [0, 0.1) is 22.7 Å². The second-order valence-corrected chi connectivity index (χ2v) is 11.3. The number of rotatable bonds is 0. The Labute approximate surface area is 164 Å². The first-order chi connectivity index (χ1) is 12.7. The molecule has 5 aliphatic rings. The van der Waals surface area contributed by atoms with Gasteiger partial charge in [0.1, 0.15) is 0 Å². The highest BCUT2D eigenvalue weighted by molar-refractivity contribution is 5.18. The quantitative estimate of drug-likeness (QED) is 0.612. The van der Waals surface area contributed by atoms with Crippen LogP contribution in [0.2, 0.25) is 0 Å². The van der Waals surface area contributed by atoms with Crippen molar-refractivity contribution in [3.63, 3.8) is 0 Å². The Morgan fingerprint density at radius 3 is 2.41 bits per heavy atom. The Kier molecular flexibility index (Phi) is 3.99. The molecule has 2 spiro atoms. The minimum absolute atomic E-state index is 0.00936. The normalized spacial score (nSPS) is 57.0. The topological polar surface area (TPSA) is 36.9 Å². The summed E-state index contributed by atoms with van der Waals surface area (Å²) < 4.78 is 25.6. The van der Waals surface area contributed by atoms with Crippen LogP contribution in [-0.2, 0) is 18.9 Å². The van der Waals surface area contributed by atoms with E-state index in [1.54, 1.807) is 0 Å². The molecule has 7 atom stereocenters. The molecule has 5 fully saturated rings. The molecule has 3 saturated heterocycles. The van der Waals surface area contributed by atoms with Crippen LogP contribution < -0.4 is 0 Å². The van der Waals surface area contributed by atoms with E-state index >= 15 is 0 Å². The average molecular weight is 379 g/mol. The predicted molar refractivity (Wildman–Crippen MR) is 103 cm³/mol. The molecule has 154 valence electrons. The van der Waals surface area contributed by atoms with Gasteiger partial charge in [-0.05, 0) is 64.2 Å². The first-order valence-corrected chi connectivity index (χ1v) is 11.2. The van der Waals surface area contributed by atoms with Crippen molar-refractivity contribution in [2.45, 2.75) is 103 Å². The van der Waals surface area contributed by atoms with E-state index in [0.717, 1.165) is 32.7 Å². The molecule has 3 heterocycles. The first kappa shape index (κ1) is 18.8. The second kappa shape index (κ2) is 5.71. The van der Waals surface area contributed by atoms with Gasteiger partial charge in [-0.1, -0.05) is 20.8 Å². The molecule has 4 nitrogen and oxygen atoms in total. The summed E-state index contributed by atoms with van der Waals surface area (Å²) in [6.07, 6.45) is 8.58. The second-order valence-electron chi connectivity index (χ2n) is 11.3. The van der Waals surface area contributed by atoms with Crippen molar-refractivity contribution >= 4 is 0 Å². The Bertz CT molecular complexity index is 611. The molecular formula is C23H38O4. The Hall–Kier alpha value is -0.160. The van der Waals surface area contributed by atoms with E-state index in [-0.39, 0.29) is 22.0 Å². The molecule has 2 aliphatic carbocycles. The molecule has 0 aromatic rings. The summed E-state index contributed by atoms with van der Waals surface area (Å²) in [5.74, 6) is 0.751. The maximum Gasteiger partial charge on any atom is 0.163 e. The standard InChI is InChI=1S/C23H38O4/c1-16-6-7-17-20(4)14-25-19(2,3)26-18(20)8-9-21(17,5)23(16)11-10-22(27-23)12-13-24-15-22/h16-18H,6-15H2,1-5H3/t16-,17?,18+,20+,21+,22+,23-/m1/s1. The molecule has 0 aromatic carbocycles. The third-order valence-corrected chi connectivity index (χ3v) is 9.45. The van der Waals surface area contributed by atoms with E-state index in [4.69, 9.17) is 18.9 Å². The van der Waals surface area contributed by atoms with Crippen molar-refractivity contribution in [3.05, 3.63) is 0 Å². The summed E-state index contributed by atoms with van der Waals surface area (Å²) in [7, 11) is 0. The summed E-state index contributed by atoms with van der Waals surface area (Å²) in [6, 6.07) is 0. The smallest absolute Gasteiger partial charge is 0.163 e. The van der Waals surface area contributed by atoms with Gasteiger partial charge in [-0.15, -0.1) is 0 Å². The van der Waals surface area contributed by atoms with Crippen LogP contribution in [0.1, 0.15) is 79.6 Å². The highest BCUT2D eigenvalue weighted by Crippen LogP contribution is 2.69. The van der Waals surface area contributed by atoms with Crippen LogP contribution in [0.3, 0.4) is 0 Å². The fraction of sp³-hybridized carbons (Fsp3) is 1.00. The number of hydrogen-bond donors (Lipinski definition) is 0. The van der Waals surface area contributed by atoms with Gasteiger partial charge in [-0.3, -0.25) is 0 Å². The van der Waals surface area contributed by atoms with Gasteiger partial charge >= 0.3 is 0 Å². The van der Waals surface area contributed by atoms with E-state index in [9.17, 15) is 0 Å². The molecule has 5 rings (SSSR count). The molecule has 1 unspecified atom stereocenters. The largest absolute Gasteiger partial charge is 0.378 e. The molecule has 0 aromatic heterocycles. The maximum atomic E-state index is 7.18. The third kappa shape index (κ3) is 2.42. The zero-order valence-electron chi connectivity index (χ0n) is 17.9. The summed E-state index contributed by atoms with van der Waals surface area (Å²) in [4.78, 5) is 0. The van der Waals surface area contributed by atoms with Crippen LogP contribution in [0.4, 0.5) is 0 Å². The summed E-state index contributed by atoms with van der Waals surface area (Å²) in [5.41, 5.74) is 0.250. The number of ether oxygens (including phenoxy) is 4. The molecule has 2 saturated carbocycles. The van der Waals surface area contributed by atoms with Gasteiger partial charge in [0.05, 0.1) is 30.5 Å². The molecule has 0 N–H and O–H groups in total. The maximum absolute atomic E-state index is 7.18. The Morgan fingerprint density at radius 2 is 1.67 bits per heavy atom. The molecule has 4 heteroatoms. The van der Waals surface area contributed by atoms with Gasteiger partial charge in [0.25, 0.3) is 0 Å². The van der Waals surface area contributed by atoms with Crippen molar-refractivity contribution in [1.29, 1.82) is 0 Å². The van der Waals surface area contributed by atoms with Gasteiger partial charge in [0.2, 0.25) is 0 Å². The van der Waals surface area contributed by atoms with Crippen molar-refractivity contribution < 1.29 is 18.9 Å². The van der Waals surface area contributed by atoms with Crippen molar-refractivity contribution in [2.24, 2.45) is 22.7 Å². The lowest BCUT2D eigenvalue weighted by Crippen LogP contribution is -2.68. The van der Waals surface area contributed by atoms with Crippen LogP contribution in [0.25, 0.3) is 0 Å². The summed E-state index contributed by atoms with van der Waals surface area (Å²) in [5, 5.41) is 0. The molecule has 27 heavy (non-hydrogen) atoms. The van der Waals surface area contributed by atoms with E-state index in [1.807, 2.05) is 0 Å². The van der Waals surface area contributed by atoms with Gasteiger partial charge in [-0.2, -0.15) is 0 Å². The number of fused-ring (bicyclic) bond motifs is 4. The molecule has 3 aliphatic heterocycles. The first-order valence-electron chi connectivity index (χ1n) is 11.2. The monoisotopic (exact) mass is 378 g/mol. The number of hydrogen-bond acceptors (Lipinski definition) is 4. The van der Waals surface area contributed by atoms with E-state index in [0.29, 0.717) is 17.9 Å². The van der Waals surface area contributed by atoms with Gasteiger partial charge in [0.15, 0.2) is 5.79 Å². The lowest BCUT2D eigenvalue weighted by Gasteiger charge is -2.67. The fourth-order valence-corrected chi connectivity index (χ4v) is 7.86. The minimum Gasteiger partial charge on any atom is -0.378 e. The highest BCUT2D eigenvalue weighted by atomic mass is 16.7. The Balaban J connectivity index is 1.51. The van der Waals surface area contributed by atoms with Crippen LogP contribution in [-0.4, -0.2) is 42.9 Å². The van der Waals surface area contributed by atoms with Gasteiger partial charge < -0.3 is 18.9 Å². The average Bonchev–Trinajstić information content (AvgIpc) is 3.23. The SMILES string of the molecule is C[C@@H]1CCC2[C@]3(C)COC(C)(C)O[C@H]3CC[C@]2(C)[C@@]12CC[C@@]1(CCOC1)O2. The van der Waals surface area contributed by atoms with Crippen molar-refractivity contribution in [3.8, 4) is 0 Å². The minimum atomic E-state index is -0.452. The third-order valence-electron chi connectivity index (χ3n) is 9.45. The summed E-state index contributed by atoms with van der Waals surface area (Å²) in [6.45, 7) is 14.0. The van der Waals surface area contributed by atoms with Gasteiger partial charge in [0, 0.05) is 23.9 Å². The molecule has 0 bridgehead atoms. The van der Waals surface area contributed by atoms with Gasteiger partial charge in [-0.25, -0.2) is 0 Å². The zero-order chi connectivity index (χ0) is 19.1. The van der Waals surface area contributed by atoms with Crippen LogP contribution >= 0.6 is 0 Å². The molecule has 0 radical (unpaired) electrons. The van der Waals surface area contributed by atoms with E-state index in [1.165, 1.54) is 32.1 Å². The summed E-state index contributed by atoms with van der Waals surface area (Å²) >= 11 is 0. The lowest BCUT2D eigenvalue weighted by molar-refractivity contribution is -0.358. The lowest BCUT2D eigenvalue weighted by atomic mass is 9.43. The predicted octanol–water partition coefficient (Wildman–Crippen LogP) is 4.70.